The van der Waals surface area contributed by atoms with E-state index < -0.39 is 0 Å². The van der Waals surface area contributed by atoms with Crippen molar-refractivity contribution in [2.24, 2.45) is 5.92 Å². The monoisotopic (exact) mass is 297 g/mol. The van der Waals surface area contributed by atoms with Gasteiger partial charge in [0, 0.05) is 7.05 Å². The van der Waals surface area contributed by atoms with Crippen molar-refractivity contribution in [2.75, 3.05) is 24.4 Å². The van der Waals surface area contributed by atoms with Gasteiger partial charge in [-0.25, -0.2) is 0 Å². The van der Waals surface area contributed by atoms with E-state index in [4.69, 9.17) is 16.3 Å². The van der Waals surface area contributed by atoms with Gasteiger partial charge in [0.1, 0.15) is 11.6 Å². The molecule has 1 amide bonds. The van der Waals surface area contributed by atoms with Crippen molar-refractivity contribution in [3.05, 3.63) is 23.8 Å². The number of carbonyl (C=O) groups excluding carboxylic acids is 1. The second kappa shape index (κ2) is 8.15. The zero-order chi connectivity index (χ0) is 15.1. The Balaban J connectivity index is 2.91. The molecule has 0 fully saturated rings. The number of anilines is 1. The van der Waals surface area contributed by atoms with Crippen molar-refractivity contribution in [3.8, 4) is 5.75 Å². The van der Waals surface area contributed by atoms with Gasteiger partial charge in [-0.15, -0.1) is 11.6 Å². The molecule has 1 aromatic rings. The standard InChI is InChI=1S/C16H24ClNO2/c1-5-7-12(2)11-20-14-9-6-8-13(3)16(14)18(4)15(19)10-17/h6,8-9,12H,5,7,10-11H2,1-4H3. The fourth-order valence-corrected chi connectivity index (χ4v) is 2.38. The van der Waals surface area contributed by atoms with Crippen LogP contribution in [0.1, 0.15) is 32.3 Å². The van der Waals surface area contributed by atoms with E-state index in [1.807, 2.05) is 25.1 Å². The molecule has 1 atom stereocenters. The highest BCUT2D eigenvalue weighted by Gasteiger charge is 2.17. The molecule has 0 aromatic heterocycles. The molecular weight excluding hydrogens is 274 g/mol. The number of alkyl halides is 1. The van der Waals surface area contributed by atoms with Crippen LogP contribution in [0.3, 0.4) is 0 Å². The van der Waals surface area contributed by atoms with Crippen LogP contribution in [0.5, 0.6) is 5.75 Å². The van der Waals surface area contributed by atoms with Crippen LogP contribution in [0.25, 0.3) is 0 Å². The summed E-state index contributed by atoms with van der Waals surface area (Å²) in [5.41, 5.74) is 1.81. The maximum Gasteiger partial charge on any atom is 0.241 e. The lowest BCUT2D eigenvalue weighted by Crippen LogP contribution is -2.28. The van der Waals surface area contributed by atoms with Gasteiger partial charge in [0.15, 0.2) is 0 Å². The Kier molecular flexibility index (Phi) is 6.86. The van der Waals surface area contributed by atoms with Crippen LogP contribution in [0.15, 0.2) is 18.2 Å². The highest BCUT2D eigenvalue weighted by Crippen LogP contribution is 2.32. The molecule has 20 heavy (non-hydrogen) atoms. The highest BCUT2D eigenvalue weighted by atomic mass is 35.5. The van der Waals surface area contributed by atoms with Crippen molar-refractivity contribution in [1.29, 1.82) is 0 Å². The number of nitrogens with zero attached hydrogens (tertiary/aromatic N) is 1. The van der Waals surface area contributed by atoms with E-state index in [0.717, 1.165) is 29.8 Å². The molecule has 0 aliphatic carbocycles. The minimum atomic E-state index is -0.132. The Hall–Kier alpha value is -1.22. The first-order valence-electron chi connectivity index (χ1n) is 7.06. The lowest BCUT2D eigenvalue weighted by atomic mass is 10.1. The number of halogens is 1. The molecule has 0 spiro atoms. The first-order valence-corrected chi connectivity index (χ1v) is 7.59. The summed E-state index contributed by atoms with van der Waals surface area (Å²) in [4.78, 5) is 13.4. The molecule has 0 N–H and O–H groups in total. The first-order chi connectivity index (χ1) is 9.51. The van der Waals surface area contributed by atoms with E-state index in [1.54, 1.807) is 11.9 Å². The van der Waals surface area contributed by atoms with Gasteiger partial charge in [0.05, 0.1) is 12.3 Å². The summed E-state index contributed by atoms with van der Waals surface area (Å²) in [6.07, 6.45) is 2.29. The average molecular weight is 298 g/mol. The van der Waals surface area contributed by atoms with Crippen molar-refractivity contribution < 1.29 is 9.53 Å². The van der Waals surface area contributed by atoms with Gasteiger partial charge in [-0.05, 0) is 30.9 Å². The molecule has 0 aliphatic heterocycles. The van der Waals surface area contributed by atoms with Crippen molar-refractivity contribution in [1.82, 2.24) is 0 Å². The number of aryl methyl sites for hydroxylation is 1. The Bertz CT molecular complexity index is 448. The zero-order valence-electron chi connectivity index (χ0n) is 12.8. The van der Waals surface area contributed by atoms with E-state index in [0.29, 0.717) is 12.5 Å². The maximum absolute atomic E-state index is 11.8. The van der Waals surface area contributed by atoms with Gasteiger partial charge in [0.25, 0.3) is 0 Å². The third-order valence-corrected chi connectivity index (χ3v) is 3.56. The molecule has 4 heteroatoms. The first kappa shape index (κ1) is 16.8. The molecule has 3 nitrogen and oxygen atoms in total. The fraction of sp³-hybridized carbons (Fsp3) is 0.562. The van der Waals surface area contributed by atoms with Crippen LogP contribution < -0.4 is 9.64 Å². The molecule has 0 heterocycles. The lowest BCUT2D eigenvalue weighted by Gasteiger charge is -2.23. The van der Waals surface area contributed by atoms with E-state index in [1.165, 1.54) is 0 Å². The summed E-state index contributed by atoms with van der Waals surface area (Å²) < 4.78 is 5.91. The van der Waals surface area contributed by atoms with Crippen LogP contribution in [0, 0.1) is 12.8 Å². The molecule has 0 saturated carbocycles. The van der Waals surface area contributed by atoms with E-state index in [-0.39, 0.29) is 11.8 Å². The third kappa shape index (κ3) is 4.41. The number of rotatable bonds is 7. The number of benzene rings is 1. The fourth-order valence-electron chi connectivity index (χ4n) is 2.20. The van der Waals surface area contributed by atoms with Crippen molar-refractivity contribution in [3.63, 3.8) is 0 Å². The third-order valence-electron chi connectivity index (χ3n) is 3.33. The highest BCUT2D eigenvalue weighted by molar-refractivity contribution is 6.29. The van der Waals surface area contributed by atoms with E-state index in [9.17, 15) is 4.79 Å². The quantitative estimate of drug-likeness (QED) is 0.712. The Morgan fingerprint density at radius 2 is 2.15 bits per heavy atom. The topological polar surface area (TPSA) is 29.5 Å². The molecular formula is C16H24ClNO2. The zero-order valence-corrected chi connectivity index (χ0v) is 13.5. The van der Waals surface area contributed by atoms with Gasteiger partial charge in [-0.1, -0.05) is 32.4 Å². The van der Waals surface area contributed by atoms with Gasteiger partial charge >= 0.3 is 0 Å². The summed E-state index contributed by atoms with van der Waals surface area (Å²) >= 11 is 5.64. The van der Waals surface area contributed by atoms with E-state index in [2.05, 4.69) is 13.8 Å². The Morgan fingerprint density at radius 3 is 2.75 bits per heavy atom. The van der Waals surface area contributed by atoms with Crippen LogP contribution in [0.4, 0.5) is 5.69 Å². The van der Waals surface area contributed by atoms with Crippen molar-refractivity contribution in [2.45, 2.75) is 33.6 Å². The largest absolute Gasteiger partial charge is 0.491 e. The molecule has 0 radical (unpaired) electrons. The van der Waals surface area contributed by atoms with Crippen LogP contribution in [-0.2, 0) is 4.79 Å². The Labute approximate surface area is 126 Å². The summed E-state index contributed by atoms with van der Waals surface area (Å²) in [6, 6.07) is 5.81. The van der Waals surface area contributed by atoms with Gasteiger partial charge in [0.2, 0.25) is 5.91 Å². The van der Waals surface area contributed by atoms with Gasteiger partial charge < -0.3 is 9.64 Å². The number of hydrogen-bond donors (Lipinski definition) is 0. The SMILES string of the molecule is CCCC(C)COc1cccc(C)c1N(C)C(=O)CCl. The predicted molar refractivity (Wildman–Crippen MR) is 84.9 cm³/mol. The molecule has 0 bridgehead atoms. The predicted octanol–water partition coefficient (Wildman–Crippen LogP) is 4.01. The minimum absolute atomic E-state index is 0.0312. The minimum Gasteiger partial charge on any atom is -0.491 e. The van der Waals surface area contributed by atoms with Crippen LogP contribution in [0.2, 0.25) is 0 Å². The van der Waals surface area contributed by atoms with Gasteiger partial charge in [-0.3, -0.25) is 4.79 Å². The average Bonchev–Trinajstić information content (AvgIpc) is 2.44. The number of carbonyl (C=O) groups is 1. The summed E-state index contributed by atoms with van der Waals surface area (Å²) in [6.45, 7) is 6.97. The van der Waals surface area contributed by atoms with Crippen molar-refractivity contribution >= 4 is 23.2 Å². The number of amides is 1. The summed E-state index contributed by atoms with van der Waals surface area (Å²) in [7, 11) is 1.73. The normalized spacial score (nSPS) is 12.1. The van der Waals surface area contributed by atoms with Crippen LogP contribution in [-0.4, -0.2) is 25.4 Å². The number of hydrogen-bond acceptors (Lipinski definition) is 2. The molecule has 1 aromatic carbocycles. The smallest absolute Gasteiger partial charge is 0.241 e. The summed E-state index contributed by atoms with van der Waals surface area (Å²) in [5, 5.41) is 0. The Morgan fingerprint density at radius 1 is 1.45 bits per heavy atom. The number of para-hydroxylation sites is 1. The number of ether oxygens (including phenoxy) is 1. The molecule has 1 rings (SSSR count). The second-order valence-corrected chi connectivity index (χ2v) is 5.48. The van der Waals surface area contributed by atoms with Gasteiger partial charge in [-0.2, -0.15) is 0 Å². The van der Waals surface area contributed by atoms with E-state index >= 15 is 0 Å². The molecule has 0 saturated heterocycles. The van der Waals surface area contributed by atoms with Crippen LogP contribution >= 0.6 is 11.6 Å². The molecule has 1 unspecified atom stereocenters. The summed E-state index contributed by atoms with van der Waals surface area (Å²) in [5.74, 6) is 1.08. The molecule has 0 aliphatic rings. The lowest BCUT2D eigenvalue weighted by molar-refractivity contribution is -0.116. The maximum atomic E-state index is 11.8. The second-order valence-electron chi connectivity index (χ2n) is 5.21. The molecule has 112 valence electrons.